The lowest BCUT2D eigenvalue weighted by molar-refractivity contribution is -0.162. The maximum Gasteiger partial charge on any atom is 0.324 e. The van der Waals surface area contributed by atoms with E-state index in [1.807, 2.05) is 20.8 Å². The van der Waals surface area contributed by atoms with Gasteiger partial charge in [0.2, 0.25) is 0 Å². The molecular formula is C19H29FN2O3. The average Bonchev–Trinajstić information content (AvgIpc) is 2.51. The Balaban J connectivity index is 2.23. The van der Waals surface area contributed by atoms with Gasteiger partial charge in [0.15, 0.2) is 0 Å². The number of piperazine rings is 1. The number of ether oxygens (including phenoxy) is 2. The lowest BCUT2D eigenvalue weighted by atomic mass is 10.0. The molecule has 1 aliphatic rings. The first-order valence-electron chi connectivity index (χ1n) is 8.72. The second-order valence-electron chi connectivity index (χ2n) is 7.56. The number of rotatable bonds is 5. The lowest BCUT2D eigenvalue weighted by Crippen LogP contribution is -2.56. The van der Waals surface area contributed by atoms with Crippen molar-refractivity contribution in [2.75, 3.05) is 26.7 Å². The molecule has 5 nitrogen and oxygen atoms in total. The van der Waals surface area contributed by atoms with Gasteiger partial charge in [-0.15, -0.1) is 0 Å². The highest BCUT2D eigenvalue weighted by atomic mass is 19.1. The summed E-state index contributed by atoms with van der Waals surface area (Å²) in [4.78, 5) is 14.9. The van der Waals surface area contributed by atoms with E-state index in [9.17, 15) is 9.18 Å². The minimum absolute atomic E-state index is 0.275. The zero-order chi connectivity index (χ0) is 18.6. The van der Waals surface area contributed by atoms with Crippen molar-refractivity contribution in [3.63, 3.8) is 0 Å². The van der Waals surface area contributed by atoms with E-state index in [4.69, 9.17) is 9.47 Å². The Labute approximate surface area is 149 Å². The number of carbonyl (C=O) groups is 1. The number of nitrogens with zero attached hydrogens (tertiary/aromatic N) is 1. The van der Waals surface area contributed by atoms with Crippen LogP contribution in [0.4, 0.5) is 4.39 Å². The summed E-state index contributed by atoms with van der Waals surface area (Å²) in [5, 5.41) is 3.36. The molecule has 0 amide bonds. The number of halogens is 1. The number of esters is 1. The van der Waals surface area contributed by atoms with Crippen LogP contribution in [-0.2, 0) is 16.0 Å². The van der Waals surface area contributed by atoms with Crippen molar-refractivity contribution in [3.05, 3.63) is 29.6 Å². The van der Waals surface area contributed by atoms with Gasteiger partial charge in [-0.25, -0.2) is 4.39 Å². The standard InChI is InChI=1S/C19H29FN2O3/c1-13-12-22(9-8-21-13)17(18(23)25-19(2,3)4)10-14-6-7-15(24-5)11-16(14)20/h6-7,11,13,17,21H,8-10,12H2,1-5H3/t13-,17-/m0/s1. The molecule has 0 bridgehead atoms. The monoisotopic (exact) mass is 352 g/mol. The highest BCUT2D eigenvalue weighted by molar-refractivity contribution is 5.76. The number of methoxy groups -OCH3 is 1. The van der Waals surface area contributed by atoms with Crippen molar-refractivity contribution in [2.45, 2.75) is 51.8 Å². The van der Waals surface area contributed by atoms with Gasteiger partial charge in [0, 0.05) is 38.2 Å². The van der Waals surface area contributed by atoms with Gasteiger partial charge in [-0.05, 0) is 39.3 Å². The van der Waals surface area contributed by atoms with Crippen molar-refractivity contribution in [1.82, 2.24) is 10.2 Å². The van der Waals surface area contributed by atoms with Crippen LogP contribution < -0.4 is 10.1 Å². The largest absolute Gasteiger partial charge is 0.497 e. The predicted octanol–water partition coefficient (Wildman–Crippen LogP) is 2.38. The third-order valence-corrected chi connectivity index (χ3v) is 4.19. The molecule has 2 rings (SSSR count). The maximum atomic E-state index is 14.4. The van der Waals surface area contributed by atoms with Gasteiger partial charge in [-0.1, -0.05) is 6.07 Å². The van der Waals surface area contributed by atoms with Crippen molar-refractivity contribution in [1.29, 1.82) is 0 Å². The molecule has 0 radical (unpaired) electrons. The Bertz CT molecular complexity index is 601. The normalized spacial score (nSPS) is 20.2. The maximum absolute atomic E-state index is 14.4. The Hall–Kier alpha value is -1.66. The topological polar surface area (TPSA) is 50.8 Å². The first-order valence-corrected chi connectivity index (χ1v) is 8.72. The van der Waals surface area contributed by atoms with Crippen LogP contribution in [0.2, 0.25) is 0 Å². The summed E-state index contributed by atoms with van der Waals surface area (Å²) in [5.74, 6) is -0.209. The molecule has 0 saturated carbocycles. The first kappa shape index (κ1) is 19.7. The van der Waals surface area contributed by atoms with Gasteiger partial charge < -0.3 is 14.8 Å². The van der Waals surface area contributed by atoms with E-state index in [0.717, 1.165) is 19.6 Å². The van der Waals surface area contributed by atoms with E-state index >= 15 is 0 Å². The molecule has 25 heavy (non-hydrogen) atoms. The summed E-state index contributed by atoms with van der Waals surface area (Å²) in [7, 11) is 1.50. The molecule has 0 aliphatic carbocycles. The third kappa shape index (κ3) is 5.68. The van der Waals surface area contributed by atoms with Crippen molar-refractivity contribution in [2.24, 2.45) is 0 Å². The Morgan fingerprint density at radius 1 is 1.44 bits per heavy atom. The van der Waals surface area contributed by atoms with Crippen molar-refractivity contribution >= 4 is 5.97 Å². The molecule has 1 saturated heterocycles. The van der Waals surface area contributed by atoms with Gasteiger partial charge >= 0.3 is 5.97 Å². The van der Waals surface area contributed by atoms with Crippen LogP contribution in [0.25, 0.3) is 0 Å². The molecule has 2 atom stereocenters. The molecule has 1 N–H and O–H groups in total. The summed E-state index contributed by atoms with van der Waals surface area (Å²) in [6.07, 6.45) is 0.275. The highest BCUT2D eigenvalue weighted by Crippen LogP contribution is 2.21. The van der Waals surface area contributed by atoms with E-state index < -0.39 is 11.6 Å². The van der Waals surface area contributed by atoms with Crippen LogP contribution in [-0.4, -0.2) is 55.3 Å². The third-order valence-electron chi connectivity index (χ3n) is 4.19. The number of nitrogens with one attached hydrogen (secondary N) is 1. The fourth-order valence-electron chi connectivity index (χ4n) is 3.01. The Kier molecular flexibility index (Phi) is 6.41. The SMILES string of the molecule is COc1ccc(C[C@@H](C(=O)OC(C)(C)C)N2CCN[C@@H](C)C2)c(F)c1. The number of hydrogen-bond acceptors (Lipinski definition) is 5. The molecule has 1 aromatic carbocycles. The van der Waals surface area contributed by atoms with Gasteiger partial charge in [-0.3, -0.25) is 9.69 Å². The molecule has 1 fully saturated rings. The van der Waals surface area contributed by atoms with E-state index in [-0.39, 0.29) is 24.2 Å². The number of carbonyl (C=O) groups excluding carboxylic acids is 1. The second-order valence-corrected chi connectivity index (χ2v) is 7.56. The summed E-state index contributed by atoms with van der Waals surface area (Å²) in [6.45, 7) is 9.86. The quantitative estimate of drug-likeness (QED) is 0.825. The summed E-state index contributed by atoms with van der Waals surface area (Å²) < 4.78 is 25.0. The second kappa shape index (κ2) is 8.15. The first-order chi connectivity index (χ1) is 11.7. The van der Waals surface area contributed by atoms with Gasteiger partial charge in [0.05, 0.1) is 7.11 Å². The number of hydrogen-bond donors (Lipinski definition) is 1. The zero-order valence-electron chi connectivity index (χ0n) is 15.8. The average molecular weight is 352 g/mol. The fourth-order valence-corrected chi connectivity index (χ4v) is 3.01. The molecule has 0 aromatic heterocycles. The van der Waals surface area contributed by atoms with Crippen LogP contribution in [0.1, 0.15) is 33.3 Å². The van der Waals surface area contributed by atoms with E-state index in [1.54, 1.807) is 12.1 Å². The molecule has 0 unspecified atom stereocenters. The van der Waals surface area contributed by atoms with Crippen LogP contribution in [0, 0.1) is 5.82 Å². The van der Waals surface area contributed by atoms with E-state index in [2.05, 4.69) is 17.1 Å². The molecule has 140 valence electrons. The number of benzene rings is 1. The molecule has 1 heterocycles. The van der Waals surface area contributed by atoms with Gasteiger partial charge in [0.25, 0.3) is 0 Å². The Morgan fingerprint density at radius 2 is 2.16 bits per heavy atom. The summed E-state index contributed by atoms with van der Waals surface area (Å²) in [6, 6.07) is 4.51. The van der Waals surface area contributed by atoms with Crippen LogP contribution in [0.3, 0.4) is 0 Å². The lowest BCUT2D eigenvalue weighted by Gasteiger charge is -2.37. The zero-order valence-corrected chi connectivity index (χ0v) is 15.8. The van der Waals surface area contributed by atoms with Crippen LogP contribution >= 0.6 is 0 Å². The van der Waals surface area contributed by atoms with Crippen LogP contribution in [0.15, 0.2) is 18.2 Å². The smallest absolute Gasteiger partial charge is 0.324 e. The van der Waals surface area contributed by atoms with Crippen molar-refractivity contribution in [3.8, 4) is 5.75 Å². The molecule has 1 aliphatic heterocycles. The molecule has 1 aromatic rings. The minimum Gasteiger partial charge on any atom is -0.497 e. The molecular weight excluding hydrogens is 323 g/mol. The summed E-state index contributed by atoms with van der Waals surface area (Å²) in [5.41, 5.74) is -0.0872. The molecule has 0 spiro atoms. The predicted molar refractivity (Wildman–Crippen MR) is 95.3 cm³/mol. The minimum atomic E-state index is -0.576. The van der Waals surface area contributed by atoms with E-state index in [0.29, 0.717) is 11.3 Å². The summed E-state index contributed by atoms with van der Waals surface area (Å²) >= 11 is 0. The molecule has 6 heteroatoms. The van der Waals surface area contributed by atoms with E-state index in [1.165, 1.54) is 13.2 Å². The highest BCUT2D eigenvalue weighted by Gasteiger charge is 2.33. The van der Waals surface area contributed by atoms with Crippen LogP contribution in [0.5, 0.6) is 5.75 Å². The van der Waals surface area contributed by atoms with Gasteiger partial charge in [0.1, 0.15) is 23.2 Å². The van der Waals surface area contributed by atoms with Crippen molar-refractivity contribution < 1.29 is 18.7 Å². The van der Waals surface area contributed by atoms with Gasteiger partial charge in [-0.2, -0.15) is 0 Å². The Morgan fingerprint density at radius 3 is 2.72 bits per heavy atom. The fraction of sp³-hybridized carbons (Fsp3) is 0.632.